The maximum Gasteiger partial charge on any atom is 0.253 e. The number of aromatic nitrogens is 2. The third kappa shape index (κ3) is 5.79. The third-order valence-electron chi connectivity index (χ3n) is 4.16. The number of carbonyl (C=O) groups excluding carboxylic acids is 2. The Balaban J connectivity index is 1.68. The van der Waals surface area contributed by atoms with Crippen LogP contribution in [-0.4, -0.2) is 39.5 Å². The van der Waals surface area contributed by atoms with Crippen molar-refractivity contribution >= 4 is 52.4 Å². The molecule has 29 heavy (non-hydrogen) atoms. The number of hydrogen-bond donors (Lipinski definition) is 2. The lowest BCUT2D eigenvalue weighted by Crippen LogP contribution is -2.44. The van der Waals surface area contributed by atoms with E-state index in [2.05, 4.69) is 20.2 Å². The van der Waals surface area contributed by atoms with E-state index in [4.69, 9.17) is 11.6 Å². The Morgan fingerprint density at radius 2 is 1.93 bits per heavy atom. The van der Waals surface area contributed by atoms with Gasteiger partial charge in [0, 0.05) is 16.6 Å². The van der Waals surface area contributed by atoms with E-state index in [0.29, 0.717) is 22.7 Å². The number of nitrogens with zero attached hydrogens (tertiary/aromatic N) is 2. The molecule has 3 rings (SSSR count). The number of carbonyl (C=O) groups is 2. The Kier molecular flexibility index (Phi) is 7.62. The highest BCUT2D eigenvalue weighted by Crippen LogP contribution is 2.20. The van der Waals surface area contributed by atoms with Crippen LogP contribution in [0.1, 0.15) is 16.8 Å². The van der Waals surface area contributed by atoms with Crippen LogP contribution >= 0.6 is 34.9 Å². The first-order valence-corrected chi connectivity index (χ1v) is 11.4. The summed E-state index contributed by atoms with van der Waals surface area (Å²) in [5, 5.41) is 11.9. The zero-order chi connectivity index (χ0) is 20.6. The van der Waals surface area contributed by atoms with E-state index in [-0.39, 0.29) is 11.8 Å². The van der Waals surface area contributed by atoms with Crippen LogP contribution in [0.4, 0.5) is 5.69 Å². The predicted molar refractivity (Wildman–Crippen MR) is 120 cm³/mol. The Morgan fingerprint density at radius 3 is 2.59 bits per heavy atom. The molecule has 1 atom stereocenters. The number of benzene rings is 2. The number of amides is 2. The lowest BCUT2D eigenvalue weighted by Gasteiger charge is -2.18. The van der Waals surface area contributed by atoms with Gasteiger partial charge in [0.2, 0.25) is 5.91 Å². The van der Waals surface area contributed by atoms with Gasteiger partial charge in [-0.05, 0) is 54.2 Å². The van der Waals surface area contributed by atoms with E-state index in [1.165, 1.54) is 11.5 Å². The molecule has 1 heterocycles. The standard InChI is InChI=1S/C20H19ClN4O2S2/c1-28-11-10-17(23-19(26)15-4-2-3-5-16(15)21)20(27)22-14-8-6-13(7-9-14)18-12-29-25-24-18/h2-9,12,17H,10-11H2,1H3,(H,22,27)(H,23,26). The van der Waals surface area contributed by atoms with Gasteiger partial charge < -0.3 is 10.6 Å². The summed E-state index contributed by atoms with van der Waals surface area (Å²) in [5.41, 5.74) is 2.70. The Labute approximate surface area is 182 Å². The average molecular weight is 447 g/mol. The molecule has 150 valence electrons. The van der Waals surface area contributed by atoms with Crippen molar-refractivity contribution in [3.8, 4) is 11.3 Å². The normalized spacial score (nSPS) is 11.7. The van der Waals surface area contributed by atoms with Crippen LogP contribution in [0, 0.1) is 0 Å². The molecule has 0 radical (unpaired) electrons. The van der Waals surface area contributed by atoms with Crippen molar-refractivity contribution in [1.82, 2.24) is 14.9 Å². The van der Waals surface area contributed by atoms with Crippen molar-refractivity contribution < 1.29 is 9.59 Å². The molecule has 0 spiro atoms. The molecular formula is C20H19ClN4O2S2. The van der Waals surface area contributed by atoms with Crippen LogP contribution in [-0.2, 0) is 4.79 Å². The highest BCUT2D eigenvalue weighted by atomic mass is 35.5. The van der Waals surface area contributed by atoms with Gasteiger partial charge in [-0.1, -0.05) is 40.4 Å². The number of nitrogens with one attached hydrogen (secondary N) is 2. The lowest BCUT2D eigenvalue weighted by molar-refractivity contribution is -0.118. The van der Waals surface area contributed by atoms with Gasteiger partial charge in [-0.15, -0.1) is 5.10 Å². The van der Waals surface area contributed by atoms with E-state index in [9.17, 15) is 9.59 Å². The third-order valence-corrected chi connectivity index (χ3v) is 5.64. The Bertz CT molecular complexity index is 965. The molecule has 6 nitrogen and oxygen atoms in total. The van der Waals surface area contributed by atoms with Crippen molar-refractivity contribution in [1.29, 1.82) is 0 Å². The van der Waals surface area contributed by atoms with Crippen molar-refractivity contribution in [2.75, 3.05) is 17.3 Å². The number of hydrogen-bond acceptors (Lipinski definition) is 6. The number of thioether (sulfide) groups is 1. The summed E-state index contributed by atoms with van der Waals surface area (Å²) in [6.45, 7) is 0. The summed E-state index contributed by atoms with van der Waals surface area (Å²) < 4.78 is 3.85. The van der Waals surface area contributed by atoms with E-state index < -0.39 is 6.04 Å². The minimum atomic E-state index is -0.673. The van der Waals surface area contributed by atoms with E-state index in [1.54, 1.807) is 48.2 Å². The molecule has 3 aromatic rings. The fourth-order valence-corrected chi connectivity index (χ4v) is 3.79. The molecule has 2 aromatic carbocycles. The monoisotopic (exact) mass is 446 g/mol. The predicted octanol–water partition coefficient (Wildman–Crippen LogP) is 4.35. The second kappa shape index (κ2) is 10.4. The first-order valence-electron chi connectivity index (χ1n) is 8.81. The lowest BCUT2D eigenvalue weighted by atomic mass is 10.1. The van der Waals surface area contributed by atoms with Crippen LogP contribution in [0.5, 0.6) is 0 Å². The van der Waals surface area contributed by atoms with Gasteiger partial charge in [0.15, 0.2) is 0 Å². The first-order chi connectivity index (χ1) is 14.1. The molecular weight excluding hydrogens is 428 g/mol. The molecule has 0 aliphatic rings. The molecule has 0 bridgehead atoms. The fraction of sp³-hybridized carbons (Fsp3) is 0.200. The van der Waals surface area contributed by atoms with Gasteiger partial charge in [-0.2, -0.15) is 11.8 Å². The van der Waals surface area contributed by atoms with Gasteiger partial charge in [-0.25, -0.2) is 0 Å². The van der Waals surface area contributed by atoms with Crippen molar-refractivity contribution in [2.45, 2.75) is 12.5 Å². The molecule has 0 aliphatic heterocycles. The topological polar surface area (TPSA) is 84.0 Å². The molecule has 2 amide bonds. The molecule has 0 saturated carbocycles. The summed E-state index contributed by atoms with van der Waals surface area (Å²) in [4.78, 5) is 25.4. The van der Waals surface area contributed by atoms with Crippen LogP contribution in [0.25, 0.3) is 11.3 Å². The van der Waals surface area contributed by atoms with Crippen LogP contribution < -0.4 is 10.6 Å². The first kappa shape index (κ1) is 21.3. The highest BCUT2D eigenvalue weighted by molar-refractivity contribution is 7.98. The average Bonchev–Trinajstić information content (AvgIpc) is 3.26. The molecule has 0 fully saturated rings. The Morgan fingerprint density at radius 1 is 1.17 bits per heavy atom. The van der Waals surface area contributed by atoms with E-state index >= 15 is 0 Å². The zero-order valence-corrected chi connectivity index (χ0v) is 18.0. The maximum atomic E-state index is 12.8. The number of anilines is 1. The molecule has 1 aromatic heterocycles. The zero-order valence-electron chi connectivity index (χ0n) is 15.6. The van der Waals surface area contributed by atoms with Crippen LogP contribution in [0.2, 0.25) is 5.02 Å². The summed E-state index contributed by atoms with van der Waals surface area (Å²) in [6, 6.07) is 13.4. The van der Waals surface area contributed by atoms with Gasteiger partial charge in [0.1, 0.15) is 11.7 Å². The van der Waals surface area contributed by atoms with Crippen LogP contribution in [0.3, 0.4) is 0 Å². The summed E-state index contributed by atoms with van der Waals surface area (Å²) in [7, 11) is 0. The molecule has 1 unspecified atom stereocenters. The van der Waals surface area contributed by atoms with Gasteiger partial charge in [0.25, 0.3) is 5.91 Å². The van der Waals surface area contributed by atoms with Crippen LogP contribution in [0.15, 0.2) is 53.9 Å². The van der Waals surface area contributed by atoms with E-state index in [0.717, 1.165) is 17.0 Å². The second-order valence-corrected chi connectivity index (χ2v) is 8.15. The van der Waals surface area contributed by atoms with Gasteiger partial charge >= 0.3 is 0 Å². The fourth-order valence-electron chi connectivity index (χ4n) is 2.63. The summed E-state index contributed by atoms with van der Waals surface area (Å²) in [6.07, 6.45) is 2.46. The molecule has 2 N–H and O–H groups in total. The molecule has 0 saturated heterocycles. The van der Waals surface area contributed by atoms with Crippen molar-refractivity contribution in [2.24, 2.45) is 0 Å². The largest absolute Gasteiger partial charge is 0.340 e. The SMILES string of the molecule is CSCCC(NC(=O)c1ccccc1Cl)C(=O)Nc1ccc(-c2csnn2)cc1. The maximum absolute atomic E-state index is 12.8. The van der Waals surface area contributed by atoms with Crippen molar-refractivity contribution in [3.63, 3.8) is 0 Å². The number of rotatable bonds is 8. The Hall–Kier alpha value is -2.42. The highest BCUT2D eigenvalue weighted by Gasteiger charge is 2.22. The van der Waals surface area contributed by atoms with Gasteiger partial charge in [-0.3, -0.25) is 9.59 Å². The van der Waals surface area contributed by atoms with Crippen molar-refractivity contribution in [3.05, 3.63) is 64.5 Å². The summed E-state index contributed by atoms with van der Waals surface area (Å²) in [5.74, 6) is 0.0853. The minimum absolute atomic E-state index is 0.275. The molecule has 9 heteroatoms. The second-order valence-electron chi connectivity index (χ2n) is 6.14. The molecule has 0 aliphatic carbocycles. The van der Waals surface area contributed by atoms with E-state index in [1.807, 2.05) is 23.8 Å². The minimum Gasteiger partial charge on any atom is -0.340 e. The van der Waals surface area contributed by atoms with Gasteiger partial charge in [0.05, 0.1) is 10.6 Å². The quantitative estimate of drug-likeness (QED) is 0.537. The summed E-state index contributed by atoms with van der Waals surface area (Å²) >= 11 is 8.99. The number of halogens is 1. The smallest absolute Gasteiger partial charge is 0.253 e.